The fourth-order valence-corrected chi connectivity index (χ4v) is 2.30. The summed E-state index contributed by atoms with van der Waals surface area (Å²) < 4.78 is 0. The molecule has 0 aromatic heterocycles. The molecule has 1 heterocycles. The normalized spacial score (nSPS) is 19.1. The monoisotopic (exact) mass is 299 g/mol. The summed E-state index contributed by atoms with van der Waals surface area (Å²) in [7, 11) is 0. The van der Waals surface area contributed by atoms with Crippen molar-refractivity contribution in [2.75, 3.05) is 13.1 Å². The topological polar surface area (TPSA) is 162 Å². The number of primary amides is 2. The van der Waals surface area contributed by atoms with Crippen LogP contribution in [0.4, 0.5) is 0 Å². The summed E-state index contributed by atoms with van der Waals surface area (Å²) in [4.78, 5) is 47.2. The van der Waals surface area contributed by atoms with E-state index in [1.807, 2.05) is 0 Å². The third-order valence-corrected chi connectivity index (χ3v) is 3.39. The average Bonchev–Trinajstić information content (AvgIpc) is 2.91. The third kappa shape index (κ3) is 4.71. The smallest absolute Gasteiger partial charge is 0.243 e. The van der Waals surface area contributed by atoms with Crippen molar-refractivity contribution in [2.24, 2.45) is 17.2 Å². The highest BCUT2D eigenvalue weighted by atomic mass is 16.2. The van der Waals surface area contributed by atoms with E-state index < -0.39 is 29.8 Å². The number of carbonyl (C=O) groups is 4. The van der Waals surface area contributed by atoms with Gasteiger partial charge in [0.25, 0.3) is 0 Å². The van der Waals surface area contributed by atoms with Gasteiger partial charge in [-0.3, -0.25) is 19.2 Å². The van der Waals surface area contributed by atoms with Gasteiger partial charge in [0.15, 0.2) is 0 Å². The summed E-state index contributed by atoms with van der Waals surface area (Å²) in [6.45, 7) is 0.279. The van der Waals surface area contributed by atoms with Gasteiger partial charge in [0, 0.05) is 13.0 Å². The van der Waals surface area contributed by atoms with Crippen LogP contribution in [0.3, 0.4) is 0 Å². The van der Waals surface area contributed by atoms with Gasteiger partial charge in [0.05, 0.1) is 6.54 Å². The average molecular weight is 299 g/mol. The Morgan fingerprint density at radius 2 is 1.90 bits per heavy atom. The van der Waals surface area contributed by atoms with Gasteiger partial charge < -0.3 is 27.4 Å². The van der Waals surface area contributed by atoms with E-state index in [-0.39, 0.29) is 25.3 Å². The Balaban J connectivity index is 2.66. The summed E-state index contributed by atoms with van der Waals surface area (Å²) >= 11 is 0. The molecule has 0 spiro atoms. The van der Waals surface area contributed by atoms with E-state index in [0.29, 0.717) is 19.4 Å². The van der Waals surface area contributed by atoms with Crippen LogP contribution in [0.2, 0.25) is 0 Å². The Hall–Kier alpha value is -2.16. The molecule has 9 nitrogen and oxygen atoms in total. The second kappa shape index (κ2) is 7.58. The van der Waals surface area contributed by atoms with E-state index in [0.717, 1.165) is 0 Å². The zero-order valence-corrected chi connectivity index (χ0v) is 11.7. The van der Waals surface area contributed by atoms with Gasteiger partial charge in [-0.2, -0.15) is 0 Å². The molecule has 2 atom stereocenters. The molecule has 1 rings (SSSR count). The van der Waals surface area contributed by atoms with Crippen LogP contribution in [-0.2, 0) is 19.2 Å². The molecule has 0 radical (unpaired) electrons. The predicted molar refractivity (Wildman–Crippen MR) is 73.3 cm³/mol. The number of likely N-dealkylation sites (tertiary alicyclic amines) is 1. The number of rotatable bonds is 7. The fraction of sp³-hybridized carbons (Fsp3) is 0.667. The maximum atomic E-state index is 12.2. The lowest BCUT2D eigenvalue weighted by molar-refractivity contribution is -0.138. The van der Waals surface area contributed by atoms with Crippen molar-refractivity contribution in [3.05, 3.63) is 0 Å². The molecule has 1 aliphatic heterocycles. The summed E-state index contributed by atoms with van der Waals surface area (Å²) in [6, 6.07) is -1.64. The Bertz CT molecular complexity index is 439. The molecule has 0 saturated carbocycles. The first-order chi connectivity index (χ1) is 9.86. The van der Waals surface area contributed by atoms with Crippen molar-refractivity contribution in [1.82, 2.24) is 10.2 Å². The molecule has 7 N–H and O–H groups in total. The van der Waals surface area contributed by atoms with Crippen molar-refractivity contribution in [3.8, 4) is 0 Å². The van der Waals surface area contributed by atoms with Gasteiger partial charge in [0.2, 0.25) is 23.6 Å². The van der Waals surface area contributed by atoms with Crippen LogP contribution in [0.25, 0.3) is 0 Å². The summed E-state index contributed by atoms with van der Waals surface area (Å²) in [6.07, 6.45) is 1.16. The zero-order valence-electron chi connectivity index (χ0n) is 11.7. The molecule has 4 amide bonds. The highest BCUT2D eigenvalue weighted by Crippen LogP contribution is 2.17. The molecule has 0 aromatic carbocycles. The molecule has 0 bridgehead atoms. The predicted octanol–water partition coefficient (Wildman–Crippen LogP) is -2.83. The highest BCUT2D eigenvalue weighted by Gasteiger charge is 2.34. The molecule has 1 fully saturated rings. The van der Waals surface area contributed by atoms with E-state index in [9.17, 15) is 19.2 Å². The molecule has 21 heavy (non-hydrogen) atoms. The number of amides is 4. The first-order valence-corrected chi connectivity index (χ1v) is 6.74. The van der Waals surface area contributed by atoms with Crippen molar-refractivity contribution in [3.63, 3.8) is 0 Å². The lowest BCUT2D eigenvalue weighted by Crippen LogP contribution is -2.53. The van der Waals surface area contributed by atoms with Gasteiger partial charge in [-0.15, -0.1) is 0 Å². The number of hydrogen-bond acceptors (Lipinski definition) is 5. The van der Waals surface area contributed by atoms with Gasteiger partial charge in [0.1, 0.15) is 12.1 Å². The molecule has 1 aliphatic rings. The minimum absolute atomic E-state index is 0.0357. The maximum Gasteiger partial charge on any atom is 0.243 e. The molecular formula is C12H21N5O4. The fourth-order valence-electron chi connectivity index (χ4n) is 2.30. The lowest BCUT2D eigenvalue weighted by atomic mass is 10.1. The van der Waals surface area contributed by atoms with Crippen molar-refractivity contribution in [1.29, 1.82) is 0 Å². The van der Waals surface area contributed by atoms with Crippen LogP contribution in [0.15, 0.2) is 0 Å². The Morgan fingerprint density at radius 3 is 2.43 bits per heavy atom. The highest BCUT2D eigenvalue weighted by molar-refractivity contribution is 5.92. The molecule has 9 heteroatoms. The number of nitrogens with one attached hydrogen (secondary N) is 1. The van der Waals surface area contributed by atoms with E-state index in [1.165, 1.54) is 4.90 Å². The van der Waals surface area contributed by atoms with E-state index in [4.69, 9.17) is 17.2 Å². The van der Waals surface area contributed by atoms with Crippen molar-refractivity contribution >= 4 is 23.6 Å². The third-order valence-electron chi connectivity index (χ3n) is 3.39. The second-order valence-electron chi connectivity index (χ2n) is 4.92. The molecular weight excluding hydrogens is 278 g/mol. The van der Waals surface area contributed by atoms with Gasteiger partial charge >= 0.3 is 0 Å². The molecule has 0 aliphatic carbocycles. The van der Waals surface area contributed by atoms with Crippen LogP contribution in [0.1, 0.15) is 25.7 Å². The molecule has 118 valence electrons. The first-order valence-electron chi connectivity index (χ1n) is 6.74. The Kier molecular flexibility index (Phi) is 6.10. The largest absolute Gasteiger partial charge is 0.370 e. The SMILES string of the molecule is NCC(=O)N1CCC[C@H]1C(=O)N[C@@H](CCC(N)=O)C(N)=O. The van der Waals surface area contributed by atoms with Crippen molar-refractivity contribution < 1.29 is 19.2 Å². The molecule has 1 saturated heterocycles. The zero-order chi connectivity index (χ0) is 16.0. The second-order valence-corrected chi connectivity index (χ2v) is 4.92. The summed E-state index contributed by atoms with van der Waals surface area (Å²) in [5, 5.41) is 2.47. The van der Waals surface area contributed by atoms with Crippen LogP contribution in [0, 0.1) is 0 Å². The van der Waals surface area contributed by atoms with Crippen LogP contribution in [0.5, 0.6) is 0 Å². The van der Waals surface area contributed by atoms with E-state index >= 15 is 0 Å². The lowest BCUT2D eigenvalue weighted by Gasteiger charge is -2.25. The minimum atomic E-state index is -0.986. The number of carbonyl (C=O) groups excluding carboxylic acids is 4. The molecule has 0 unspecified atom stereocenters. The van der Waals surface area contributed by atoms with E-state index in [2.05, 4.69) is 5.32 Å². The number of hydrogen-bond donors (Lipinski definition) is 4. The summed E-state index contributed by atoms with van der Waals surface area (Å²) in [5.41, 5.74) is 15.5. The van der Waals surface area contributed by atoms with E-state index in [1.54, 1.807) is 0 Å². The van der Waals surface area contributed by atoms with Gasteiger partial charge in [-0.05, 0) is 19.3 Å². The van der Waals surface area contributed by atoms with Gasteiger partial charge in [-0.1, -0.05) is 0 Å². The maximum absolute atomic E-state index is 12.2. The minimum Gasteiger partial charge on any atom is -0.370 e. The Morgan fingerprint density at radius 1 is 1.24 bits per heavy atom. The summed E-state index contributed by atoms with van der Waals surface area (Å²) in [5.74, 6) is -2.13. The quantitative estimate of drug-likeness (QED) is 0.398. The van der Waals surface area contributed by atoms with Crippen molar-refractivity contribution in [2.45, 2.75) is 37.8 Å². The van der Waals surface area contributed by atoms with Crippen LogP contribution >= 0.6 is 0 Å². The van der Waals surface area contributed by atoms with Crippen LogP contribution < -0.4 is 22.5 Å². The number of nitrogens with two attached hydrogens (primary N) is 3. The Labute approximate surface area is 122 Å². The molecule has 0 aromatic rings. The first kappa shape index (κ1) is 16.9. The van der Waals surface area contributed by atoms with Gasteiger partial charge in [-0.25, -0.2) is 0 Å². The standard InChI is InChI=1S/C12H21N5O4/c13-6-10(19)17-5-1-2-8(17)12(21)16-7(11(15)20)3-4-9(14)18/h7-8H,1-6,13H2,(H2,14,18)(H2,15,20)(H,16,21)/t7-,8-/m0/s1. The van der Waals surface area contributed by atoms with Crippen LogP contribution in [-0.4, -0.2) is 53.7 Å². The number of nitrogens with zero attached hydrogens (tertiary/aromatic N) is 1.